The van der Waals surface area contributed by atoms with E-state index in [-0.39, 0.29) is 18.2 Å². The molecule has 0 aliphatic rings. The topological polar surface area (TPSA) is 75.1 Å². The summed E-state index contributed by atoms with van der Waals surface area (Å²) < 4.78 is 1.46. The Kier molecular flexibility index (Phi) is 3.87. The van der Waals surface area contributed by atoms with Crippen LogP contribution in [0.5, 0.6) is 0 Å². The van der Waals surface area contributed by atoms with Crippen LogP contribution in [0.15, 0.2) is 14.1 Å². The van der Waals surface area contributed by atoms with Crippen LogP contribution in [0.3, 0.4) is 0 Å². The van der Waals surface area contributed by atoms with E-state index in [1.807, 2.05) is 0 Å². The zero-order valence-electron chi connectivity index (χ0n) is 8.58. The number of aromatic nitrogens is 2. The summed E-state index contributed by atoms with van der Waals surface area (Å²) in [7, 11) is 0. The lowest BCUT2D eigenvalue weighted by molar-refractivity contribution is 0.259. The first-order valence-corrected chi connectivity index (χ1v) is 5.40. The van der Waals surface area contributed by atoms with Crippen molar-refractivity contribution in [3.8, 4) is 0 Å². The summed E-state index contributed by atoms with van der Waals surface area (Å²) in [5, 5.41) is 8.76. The number of hydrogen-bond acceptors (Lipinski definition) is 3. The summed E-state index contributed by atoms with van der Waals surface area (Å²) in [6, 6.07) is -0.317. The van der Waals surface area contributed by atoms with Crippen LogP contribution >= 0.6 is 15.9 Å². The molecule has 0 aromatic carbocycles. The van der Waals surface area contributed by atoms with Gasteiger partial charge in [-0.05, 0) is 36.2 Å². The van der Waals surface area contributed by atoms with Gasteiger partial charge in [0.05, 0.1) is 0 Å². The molecule has 0 amide bonds. The highest BCUT2D eigenvalue weighted by Gasteiger charge is 2.13. The summed E-state index contributed by atoms with van der Waals surface area (Å²) in [4.78, 5) is 25.8. The highest BCUT2D eigenvalue weighted by molar-refractivity contribution is 9.10. The van der Waals surface area contributed by atoms with Crippen molar-refractivity contribution in [1.82, 2.24) is 9.55 Å². The van der Waals surface area contributed by atoms with E-state index in [9.17, 15) is 9.59 Å². The van der Waals surface area contributed by atoms with E-state index in [0.29, 0.717) is 16.6 Å². The number of nitrogens with zero attached hydrogens (tertiary/aromatic N) is 1. The summed E-state index contributed by atoms with van der Waals surface area (Å²) in [6.07, 6.45) is 0.373. The molecule has 6 heteroatoms. The fraction of sp³-hybridized carbons (Fsp3) is 0.556. The van der Waals surface area contributed by atoms with Crippen LogP contribution in [0.2, 0.25) is 0 Å². The Morgan fingerprint density at radius 3 is 2.67 bits per heavy atom. The second kappa shape index (κ2) is 4.76. The Bertz CT molecular complexity index is 463. The maximum atomic E-state index is 11.7. The van der Waals surface area contributed by atoms with Crippen LogP contribution in [-0.2, 0) is 0 Å². The number of aromatic amines is 1. The second-order valence-electron chi connectivity index (χ2n) is 3.41. The van der Waals surface area contributed by atoms with Gasteiger partial charge < -0.3 is 10.1 Å². The van der Waals surface area contributed by atoms with E-state index in [4.69, 9.17) is 5.11 Å². The van der Waals surface area contributed by atoms with Crippen LogP contribution in [0.1, 0.15) is 25.1 Å². The number of aliphatic hydroxyl groups excluding tert-OH is 1. The van der Waals surface area contributed by atoms with E-state index in [2.05, 4.69) is 20.9 Å². The van der Waals surface area contributed by atoms with Gasteiger partial charge >= 0.3 is 5.69 Å². The average Bonchev–Trinajstić information content (AvgIpc) is 2.15. The first kappa shape index (κ1) is 12.2. The third-order valence-electron chi connectivity index (χ3n) is 2.24. The number of nitrogens with one attached hydrogen (secondary N) is 1. The van der Waals surface area contributed by atoms with Gasteiger partial charge in [-0.15, -0.1) is 0 Å². The maximum absolute atomic E-state index is 11.7. The lowest BCUT2D eigenvalue weighted by Gasteiger charge is -2.13. The van der Waals surface area contributed by atoms with Crippen molar-refractivity contribution >= 4 is 15.9 Å². The van der Waals surface area contributed by atoms with Crippen molar-refractivity contribution in [2.45, 2.75) is 26.3 Å². The predicted molar refractivity (Wildman–Crippen MR) is 60.2 cm³/mol. The van der Waals surface area contributed by atoms with E-state index in [1.54, 1.807) is 13.8 Å². The van der Waals surface area contributed by atoms with Gasteiger partial charge in [0.25, 0.3) is 5.56 Å². The predicted octanol–water partition coefficient (Wildman–Crippen LogP) is 0.551. The fourth-order valence-electron chi connectivity index (χ4n) is 1.35. The van der Waals surface area contributed by atoms with Gasteiger partial charge in [-0.2, -0.15) is 0 Å². The van der Waals surface area contributed by atoms with Gasteiger partial charge in [-0.3, -0.25) is 9.36 Å². The molecule has 0 saturated heterocycles. The van der Waals surface area contributed by atoms with E-state index >= 15 is 0 Å². The first-order valence-electron chi connectivity index (χ1n) is 4.60. The minimum atomic E-state index is -0.443. The van der Waals surface area contributed by atoms with Crippen molar-refractivity contribution < 1.29 is 5.11 Å². The van der Waals surface area contributed by atoms with Gasteiger partial charge in [0.15, 0.2) is 0 Å². The molecule has 0 fully saturated rings. The number of aryl methyl sites for hydroxylation is 1. The molecule has 1 aromatic rings. The maximum Gasteiger partial charge on any atom is 0.328 e. The molecule has 1 unspecified atom stereocenters. The van der Waals surface area contributed by atoms with Crippen LogP contribution in [0, 0.1) is 6.92 Å². The molecule has 0 spiro atoms. The molecular weight excluding hydrogens is 264 g/mol. The third kappa shape index (κ3) is 2.38. The molecule has 15 heavy (non-hydrogen) atoms. The molecule has 84 valence electrons. The minimum absolute atomic E-state index is 0.0570. The standard InChI is InChI=1S/C9H13BrN2O3/c1-5(3-4-13)12-8(14)7(10)6(2)11-9(12)15/h5,13H,3-4H2,1-2H3,(H,11,15). The molecule has 0 aliphatic heterocycles. The molecule has 2 N–H and O–H groups in total. The minimum Gasteiger partial charge on any atom is -0.396 e. The highest BCUT2D eigenvalue weighted by atomic mass is 79.9. The molecule has 0 aliphatic carbocycles. The summed E-state index contributed by atoms with van der Waals surface area (Å²) >= 11 is 3.12. The Hall–Kier alpha value is -0.880. The van der Waals surface area contributed by atoms with Crippen molar-refractivity contribution in [3.63, 3.8) is 0 Å². The molecule has 0 radical (unpaired) electrons. The first-order chi connectivity index (χ1) is 6.99. The van der Waals surface area contributed by atoms with Gasteiger partial charge in [-0.1, -0.05) is 0 Å². The molecule has 1 aromatic heterocycles. The largest absolute Gasteiger partial charge is 0.396 e. The summed E-state index contributed by atoms with van der Waals surface area (Å²) in [5.74, 6) is 0. The van der Waals surface area contributed by atoms with E-state index in [0.717, 1.165) is 4.57 Å². The number of halogens is 1. The number of rotatable bonds is 3. The van der Waals surface area contributed by atoms with Crippen LogP contribution in [-0.4, -0.2) is 21.3 Å². The molecule has 0 bridgehead atoms. The lowest BCUT2D eigenvalue weighted by Crippen LogP contribution is -2.38. The van der Waals surface area contributed by atoms with Gasteiger partial charge in [0.2, 0.25) is 0 Å². The van der Waals surface area contributed by atoms with Crippen molar-refractivity contribution in [1.29, 1.82) is 0 Å². The lowest BCUT2D eigenvalue weighted by atomic mass is 10.2. The van der Waals surface area contributed by atoms with Gasteiger partial charge in [0.1, 0.15) is 4.47 Å². The van der Waals surface area contributed by atoms with Crippen LogP contribution in [0.4, 0.5) is 0 Å². The molecular formula is C9H13BrN2O3. The Labute approximate surface area is 94.9 Å². The van der Waals surface area contributed by atoms with Gasteiger partial charge in [-0.25, -0.2) is 4.79 Å². The second-order valence-corrected chi connectivity index (χ2v) is 4.20. The van der Waals surface area contributed by atoms with Crippen molar-refractivity contribution in [2.75, 3.05) is 6.61 Å². The summed E-state index contributed by atoms with van der Waals surface area (Å²) in [6.45, 7) is 3.31. The highest BCUT2D eigenvalue weighted by Crippen LogP contribution is 2.09. The van der Waals surface area contributed by atoms with Crippen LogP contribution < -0.4 is 11.2 Å². The fourth-order valence-corrected chi connectivity index (χ4v) is 1.64. The molecule has 5 nitrogen and oxygen atoms in total. The monoisotopic (exact) mass is 276 g/mol. The van der Waals surface area contributed by atoms with Gasteiger partial charge in [0, 0.05) is 18.3 Å². The third-order valence-corrected chi connectivity index (χ3v) is 3.17. The van der Waals surface area contributed by atoms with E-state index < -0.39 is 5.69 Å². The Morgan fingerprint density at radius 1 is 1.53 bits per heavy atom. The number of aliphatic hydroxyl groups is 1. The average molecular weight is 277 g/mol. The Balaban J connectivity index is 3.37. The number of H-pyrrole nitrogens is 1. The summed E-state index contributed by atoms with van der Waals surface area (Å²) in [5.41, 5.74) is -0.295. The molecule has 1 atom stereocenters. The molecule has 1 heterocycles. The number of hydrogen-bond donors (Lipinski definition) is 2. The van der Waals surface area contributed by atoms with E-state index in [1.165, 1.54) is 0 Å². The zero-order chi connectivity index (χ0) is 11.6. The van der Waals surface area contributed by atoms with Crippen molar-refractivity contribution in [3.05, 3.63) is 31.0 Å². The quantitative estimate of drug-likeness (QED) is 0.847. The Morgan fingerprint density at radius 2 is 2.13 bits per heavy atom. The van der Waals surface area contributed by atoms with Crippen LogP contribution in [0.25, 0.3) is 0 Å². The molecule has 1 rings (SSSR count). The smallest absolute Gasteiger partial charge is 0.328 e. The molecule has 0 saturated carbocycles. The normalized spacial score (nSPS) is 12.8. The zero-order valence-corrected chi connectivity index (χ0v) is 10.2. The SMILES string of the molecule is Cc1[nH]c(=O)n(C(C)CCO)c(=O)c1Br. The van der Waals surface area contributed by atoms with Crippen molar-refractivity contribution in [2.24, 2.45) is 0 Å².